The van der Waals surface area contributed by atoms with Crippen LogP contribution in [0.15, 0.2) is 11.6 Å². The Labute approximate surface area is 78.8 Å². The summed E-state index contributed by atoms with van der Waals surface area (Å²) in [4.78, 5) is 10.9. The normalized spacial score (nSPS) is 24.4. The summed E-state index contributed by atoms with van der Waals surface area (Å²) in [5, 5.41) is 12.2. The van der Waals surface area contributed by atoms with Gasteiger partial charge in [-0.3, -0.25) is 0 Å². The topological polar surface area (TPSA) is 49.3 Å². The van der Waals surface area contributed by atoms with E-state index in [4.69, 9.17) is 5.11 Å². The van der Waals surface area contributed by atoms with E-state index in [1.54, 1.807) is 0 Å². The van der Waals surface area contributed by atoms with E-state index in [0.29, 0.717) is 5.57 Å². The molecule has 3 nitrogen and oxygen atoms in total. The molecule has 0 aromatic rings. The van der Waals surface area contributed by atoms with Crippen molar-refractivity contribution in [1.29, 1.82) is 0 Å². The molecule has 13 heavy (non-hydrogen) atoms. The van der Waals surface area contributed by atoms with Crippen molar-refractivity contribution in [3.63, 3.8) is 0 Å². The second kappa shape index (κ2) is 5.02. The van der Waals surface area contributed by atoms with Gasteiger partial charge in [-0.25, -0.2) is 4.79 Å². The zero-order valence-electron chi connectivity index (χ0n) is 8.05. The Balaban J connectivity index is 2.63. The zero-order chi connectivity index (χ0) is 9.68. The Hall–Kier alpha value is -0.830. The highest BCUT2D eigenvalue weighted by Crippen LogP contribution is 2.19. The summed E-state index contributed by atoms with van der Waals surface area (Å²) in [5.41, 5.74) is 0.592. The van der Waals surface area contributed by atoms with E-state index >= 15 is 0 Å². The number of nitrogens with one attached hydrogen (secondary N) is 1. The Bertz CT molecular complexity index is 205. The zero-order valence-corrected chi connectivity index (χ0v) is 8.05. The SMILES string of the molecule is CCC=C(C(=O)O)C1CCCNC1. The molecule has 0 aliphatic carbocycles. The molecule has 0 bridgehead atoms. The lowest BCUT2D eigenvalue weighted by Crippen LogP contribution is -2.32. The molecule has 0 aromatic carbocycles. The largest absolute Gasteiger partial charge is 0.478 e. The van der Waals surface area contributed by atoms with Gasteiger partial charge >= 0.3 is 5.97 Å². The number of hydrogen-bond donors (Lipinski definition) is 2. The maximum atomic E-state index is 10.9. The van der Waals surface area contributed by atoms with Crippen LogP contribution in [0.25, 0.3) is 0 Å². The first-order valence-electron chi connectivity index (χ1n) is 4.89. The van der Waals surface area contributed by atoms with Gasteiger partial charge < -0.3 is 10.4 Å². The summed E-state index contributed by atoms with van der Waals surface area (Å²) < 4.78 is 0. The van der Waals surface area contributed by atoms with Crippen LogP contribution in [0.5, 0.6) is 0 Å². The van der Waals surface area contributed by atoms with Gasteiger partial charge in [0.1, 0.15) is 0 Å². The first-order valence-corrected chi connectivity index (χ1v) is 4.89. The quantitative estimate of drug-likeness (QED) is 0.650. The highest BCUT2D eigenvalue weighted by molar-refractivity contribution is 5.87. The number of hydrogen-bond acceptors (Lipinski definition) is 2. The van der Waals surface area contributed by atoms with Crippen molar-refractivity contribution in [2.24, 2.45) is 5.92 Å². The Morgan fingerprint density at radius 2 is 2.46 bits per heavy atom. The molecule has 1 rings (SSSR count). The highest BCUT2D eigenvalue weighted by Gasteiger charge is 2.21. The molecule has 0 aromatic heterocycles. The predicted octanol–water partition coefficient (Wildman–Crippen LogP) is 1.41. The van der Waals surface area contributed by atoms with Crippen molar-refractivity contribution in [1.82, 2.24) is 5.32 Å². The van der Waals surface area contributed by atoms with E-state index < -0.39 is 5.97 Å². The van der Waals surface area contributed by atoms with Gasteiger partial charge in [0.2, 0.25) is 0 Å². The molecule has 1 aliphatic heterocycles. The summed E-state index contributed by atoms with van der Waals surface area (Å²) in [7, 11) is 0. The number of allylic oxidation sites excluding steroid dienone is 1. The van der Waals surface area contributed by atoms with Gasteiger partial charge in [0, 0.05) is 18.0 Å². The monoisotopic (exact) mass is 183 g/mol. The number of aliphatic carboxylic acids is 1. The van der Waals surface area contributed by atoms with Crippen molar-refractivity contribution in [3.8, 4) is 0 Å². The molecule has 0 spiro atoms. The molecule has 1 fully saturated rings. The van der Waals surface area contributed by atoms with Crippen molar-refractivity contribution < 1.29 is 9.90 Å². The van der Waals surface area contributed by atoms with Crippen molar-refractivity contribution >= 4 is 5.97 Å². The van der Waals surface area contributed by atoms with Gasteiger partial charge in [-0.15, -0.1) is 0 Å². The van der Waals surface area contributed by atoms with E-state index in [2.05, 4.69) is 5.32 Å². The maximum absolute atomic E-state index is 10.9. The van der Waals surface area contributed by atoms with Crippen molar-refractivity contribution in [2.75, 3.05) is 13.1 Å². The van der Waals surface area contributed by atoms with E-state index in [0.717, 1.165) is 32.4 Å². The smallest absolute Gasteiger partial charge is 0.331 e. The minimum Gasteiger partial charge on any atom is -0.478 e. The number of carbonyl (C=O) groups is 1. The third kappa shape index (κ3) is 2.84. The standard InChI is InChI=1S/C10H17NO2/c1-2-4-9(10(12)13)8-5-3-6-11-7-8/h4,8,11H,2-3,5-7H2,1H3,(H,12,13). The molecule has 3 heteroatoms. The Morgan fingerprint density at radius 1 is 1.69 bits per heavy atom. The molecular weight excluding hydrogens is 166 g/mol. The summed E-state index contributed by atoms with van der Waals surface area (Å²) >= 11 is 0. The van der Waals surface area contributed by atoms with Crippen LogP contribution >= 0.6 is 0 Å². The van der Waals surface area contributed by atoms with E-state index in [1.165, 1.54) is 0 Å². The van der Waals surface area contributed by atoms with E-state index in [9.17, 15) is 4.79 Å². The molecule has 1 saturated heterocycles. The number of carboxylic acids is 1. The summed E-state index contributed by atoms with van der Waals surface area (Å²) in [6.45, 7) is 3.81. The van der Waals surface area contributed by atoms with E-state index in [1.807, 2.05) is 13.0 Å². The molecule has 1 heterocycles. The third-order valence-electron chi connectivity index (χ3n) is 2.41. The maximum Gasteiger partial charge on any atom is 0.331 e. The third-order valence-corrected chi connectivity index (χ3v) is 2.41. The average Bonchev–Trinajstić information content (AvgIpc) is 2.15. The lowest BCUT2D eigenvalue weighted by molar-refractivity contribution is -0.133. The predicted molar refractivity (Wildman–Crippen MR) is 51.6 cm³/mol. The van der Waals surface area contributed by atoms with Crippen molar-refractivity contribution in [2.45, 2.75) is 26.2 Å². The van der Waals surface area contributed by atoms with Crippen LogP contribution in [0, 0.1) is 5.92 Å². The minimum atomic E-state index is -0.754. The van der Waals surface area contributed by atoms with Gasteiger partial charge in [-0.05, 0) is 25.8 Å². The lowest BCUT2D eigenvalue weighted by Gasteiger charge is -2.23. The fraction of sp³-hybridized carbons (Fsp3) is 0.700. The second-order valence-corrected chi connectivity index (χ2v) is 3.42. The van der Waals surface area contributed by atoms with Crippen LogP contribution in [0.2, 0.25) is 0 Å². The number of piperidine rings is 1. The van der Waals surface area contributed by atoms with Crippen LogP contribution in [-0.2, 0) is 4.79 Å². The van der Waals surface area contributed by atoms with Gasteiger partial charge in [0.15, 0.2) is 0 Å². The van der Waals surface area contributed by atoms with Crippen LogP contribution in [-0.4, -0.2) is 24.2 Å². The van der Waals surface area contributed by atoms with Gasteiger partial charge in [-0.2, -0.15) is 0 Å². The fourth-order valence-electron chi connectivity index (χ4n) is 1.77. The molecule has 1 aliphatic rings. The lowest BCUT2D eigenvalue weighted by atomic mass is 9.91. The average molecular weight is 183 g/mol. The first-order chi connectivity index (χ1) is 6.25. The Kier molecular flexibility index (Phi) is 3.96. The molecule has 74 valence electrons. The van der Waals surface area contributed by atoms with Crippen LogP contribution in [0.1, 0.15) is 26.2 Å². The minimum absolute atomic E-state index is 0.214. The van der Waals surface area contributed by atoms with Gasteiger partial charge in [0.05, 0.1) is 0 Å². The molecule has 0 amide bonds. The Morgan fingerprint density at radius 3 is 2.92 bits per heavy atom. The van der Waals surface area contributed by atoms with Crippen LogP contribution in [0.3, 0.4) is 0 Å². The number of carboxylic acid groups (broad SMARTS) is 1. The fourth-order valence-corrected chi connectivity index (χ4v) is 1.77. The number of rotatable bonds is 3. The molecule has 1 unspecified atom stereocenters. The summed E-state index contributed by atoms with van der Waals surface area (Å²) in [6.07, 6.45) is 4.72. The molecular formula is C10H17NO2. The van der Waals surface area contributed by atoms with Gasteiger partial charge in [-0.1, -0.05) is 13.0 Å². The molecule has 1 atom stereocenters. The summed E-state index contributed by atoms with van der Waals surface area (Å²) in [5.74, 6) is -0.540. The first kappa shape index (κ1) is 10.3. The van der Waals surface area contributed by atoms with Crippen molar-refractivity contribution in [3.05, 3.63) is 11.6 Å². The highest BCUT2D eigenvalue weighted by atomic mass is 16.4. The van der Waals surface area contributed by atoms with Gasteiger partial charge in [0.25, 0.3) is 0 Å². The molecule has 2 N–H and O–H groups in total. The molecule has 0 saturated carbocycles. The second-order valence-electron chi connectivity index (χ2n) is 3.42. The van der Waals surface area contributed by atoms with Crippen LogP contribution in [0.4, 0.5) is 0 Å². The summed E-state index contributed by atoms with van der Waals surface area (Å²) in [6, 6.07) is 0. The van der Waals surface area contributed by atoms with Crippen LogP contribution < -0.4 is 5.32 Å². The van der Waals surface area contributed by atoms with E-state index in [-0.39, 0.29) is 5.92 Å². The molecule has 0 radical (unpaired) electrons.